The lowest BCUT2D eigenvalue weighted by molar-refractivity contribution is -0.142. The van der Waals surface area contributed by atoms with Crippen LogP contribution in [-0.4, -0.2) is 30.5 Å². The highest BCUT2D eigenvalue weighted by Gasteiger charge is 2.41. The van der Waals surface area contributed by atoms with Gasteiger partial charge in [0.15, 0.2) is 9.84 Å². The maximum Gasteiger partial charge on any atom is 0.306 e. The van der Waals surface area contributed by atoms with Gasteiger partial charge in [0.2, 0.25) is 0 Å². The van der Waals surface area contributed by atoms with Crippen LogP contribution in [0.3, 0.4) is 0 Å². The number of hydrogen-bond acceptors (Lipinski definition) is 3. The first-order chi connectivity index (χ1) is 6.38. The van der Waals surface area contributed by atoms with Crippen LogP contribution in [0, 0.1) is 11.8 Å². The third-order valence-electron chi connectivity index (χ3n) is 3.07. The number of carboxylic acids is 1. The molecule has 0 aliphatic heterocycles. The van der Waals surface area contributed by atoms with Gasteiger partial charge in [-0.3, -0.25) is 4.79 Å². The van der Waals surface area contributed by atoms with Crippen molar-refractivity contribution < 1.29 is 18.3 Å². The molecular formula is C9H16O4S. The lowest BCUT2D eigenvalue weighted by Crippen LogP contribution is -2.21. The van der Waals surface area contributed by atoms with Gasteiger partial charge in [0, 0.05) is 5.75 Å². The molecule has 0 aromatic heterocycles. The van der Waals surface area contributed by atoms with Gasteiger partial charge >= 0.3 is 5.97 Å². The van der Waals surface area contributed by atoms with Gasteiger partial charge < -0.3 is 5.11 Å². The Morgan fingerprint density at radius 3 is 2.36 bits per heavy atom. The largest absolute Gasteiger partial charge is 0.481 e. The molecule has 1 rings (SSSR count). The summed E-state index contributed by atoms with van der Waals surface area (Å²) >= 11 is 0. The summed E-state index contributed by atoms with van der Waals surface area (Å²) in [6, 6.07) is 0. The van der Waals surface area contributed by atoms with Crippen molar-refractivity contribution in [2.24, 2.45) is 11.8 Å². The first-order valence-electron chi connectivity index (χ1n) is 4.82. The van der Waals surface area contributed by atoms with Gasteiger partial charge in [-0.1, -0.05) is 13.8 Å². The molecule has 0 aromatic carbocycles. The van der Waals surface area contributed by atoms with E-state index < -0.39 is 27.0 Å². The Labute approximate surface area is 84.2 Å². The molecule has 82 valence electrons. The van der Waals surface area contributed by atoms with Crippen LogP contribution in [0.15, 0.2) is 0 Å². The average molecular weight is 220 g/mol. The highest BCUT2D eigenvalue weighted by atomic mass is 32.2. The molecule has 14 heavy (non-hydrogen) atoms. The third kappa shape index (κ3) is 2.08. The van der Waals surface area contributed by atoms with Crippen molar-refractivity contribution in [3.8, 4) is 0 Å². The van der Waals surface area contributed by atoms with E-state index in [-0.39, 0.29) is 18.1 Å². The molecule has 0 aromatic rings. The maximum atomic E-state index is 11.5. The molecule has 3 atom stereocenters. The Hall–Kier alpha value is -0.580. The second-order valence-corrected chi connectivity index (χ2v) is 6.54. The van der Waals surface area contributed by atoms with Crippen LogP contribution >= 0.6 is 0 Å². The van der Waals surface area contributed by atoms with Crippen molar-refractivity contribution in [3.05, 3.63) is 0 Å². The third-order valence-corrected chi connectivity index (χ3v) is 5.27. The summed E-state index contributed by atoms with van der Waals surface area (Å²) in [5, 5.41) is 8.40. The van der Waals surface area contributed by atoms with E-state index in [2.05, 4.69) is 0 Å². The Balaban J connectivity index is 2.78. The molecular weight excluding hydrogens is 204 g/mol. The standard InChI is InChI=1S/C9H16O4S/c1-3-14(12,13)7-4-6(2)8(5-7)9(10)11/h6-8H,3-5H2,1-2H3,(H,10,11)/t6-,7-,8-/m1/s1. The van der Waals surface area contributed by atoms with Crippen molar-refractivity contribution in [1.82, 2.24) is 0 Å². The van der Waals surface area contributed by atoms with Gasteiger partial charge in [-0.05, 0) is 18.8 Å². The second kappa shape index (κ2) is 3.88. The second-order valence-electron chi connectivity index (χ2n) is 3.97. The molecule has 0 heterocycles. The van der Waals surface area contributed by atoms with Gasteiger partial charge in [-0.2, -0.15) is 0 Å². The molecule has 0 spiro atoms. The zero-order valence-corrected chi connectivity index (χ0v) is 9.25. The Bertz CT molecular complexity index is 320. The average Bonchev–Trinajstić information content (AvgIpc) is 2.48. The first-order valence-corrected chi connectivity index (χ1v) is 6.54. The lowest BCUT2D eigenvalue weighted by Gasteiger charge is -2.08. The van der Waals surface area contributed by atoms with E-state index >= 15 is 0 Å². The summed E-state index contributed by atoms with van der Waals surface area (Å²) in [5.74, 6) is -1.28. The Kier molecular flexibility index (Phi) is 3.19. The fourth-order valence-corrected chi connectivity index (χ4v) is 3.63. The van der Waals surface area contributed by atoms with Crippen molar-refractivity contribution in [2.45, 2.75) is 31.9 Å². The summed E-state index contributed by atoms with van der Waals surface area (Å²) in [7, 11) is -3.06. The molecule has 0 unspecified atom stereocenters. The monoisotopic (exact) mass is 220 g/mol. The fourth-order valence-electron chi connectivity index (χ4n) is 2.06. The predicted molar refractivity (Wildman–Crippen MR) is 52.8 cm³/mol. The molecule has 0 saturated heterocycles. The van der Waals surface area contributed by atoms with Crippen LogP contribution in [0.5, 0.6) is 0 Å². The predicted octanol–water partition coefficient (Wildman–Crippen LogP) is 0.920. The minimum absolute atomic E-state index is 0.0289. The van der Waals surface area contributed by atoms with Crippen LogP contribution in [0.1, 0.15) is 26.7 Å². The molecule has 5 heteroatoms. The minimum atomic E-state index is -3.06. The van der Waals surface area contributed by atoms with Crippen LogP contribution in [0.2, 0.25) is 0 Å². The molecule has 1 N–H and O–H groups in total. The molecule has 1 aliphatic carbocycles. The molecule has 1 aliphatic rings. The molecule has 0 bridgehead atoms. The molecule has 0 amide bonds. The SMILES string of the molecule is CCS(=O)(=O)[C@@H]1C[C@@H](C)[C@H](C(=O)O)C1. The quantitative estimate of drug-likeness (QED) is 0.767. The topological polar surface area (TPSA) is 71.4 Å². The summed E-state index contributed by atoms with van der Waals surface area (Å²) in [5.41, 5.74) is 0. The van der Waals surface area contributed by atoms with Crippen molar-refractivity contribution in [1.29, 1.82) is 0 Å². The van der Waals surface area contributed by atoms with Crippen molar-refractivity contribution >= 4 is 15.8 Å². The highest BCUT2D eigenvalue weighted by molar-refractivity contribution is 7.92. The van der Waals surface area contributed by atoms with Crippen LogP contribution in [-0.2, 0) is 14.6 Å². The number of carboxylic acid groups (broad SMARTS) is 1. The fraction of sp³-hybridized carbons (Fsp3) is 0.889. The van der Waals surface area contributed by atoms with E-state index in [9.17, 15) is 13.2 Å². The highest BCUT2D eigenvalue weighted by Crippen LogP contribution is 2.35. The first kappa shape index (κ1) is 11.5. The molecule has 1 saturated carbocycles. The van der Waals surface area contributed by atoms with Gasteiger partial charge in [-0.25, -0.2) is 8.42 Å². The van der Waals surface area contributed by atoms with Crippen LogP contribution < -0.4 is 0 Å². The summed E-state index contributed by atoms with van der Waals surface area (Å²) in [6.45, 7) is 3.41. The van der Waals surface area contributed by atoms with Gasteiger partial charge in [-0.15, -0.1) is 0 Å². The van der Waals surface area contributed by atoms with Crippen LogP contribution in [0.25, 0.3) is 0 Å². The number of sulfone groups is 1. The van der Waals surface area contributed by atoms with Gasteiger partial charge in [0.1, 0.15) is 0 Å². The number of hydrogen-bond donors (Lipinski definition) is 1. The molecule has 0 radical (unpaired) electrons. The summed E-state index contributed by atoms with van der Waals surface area (Å²) < 4.78 is 23.0. The molecule has 4 nitrogen and oxygen atoms in total. The smallest absolute Gasteiger partial charge is 0.306 e. The van der Waals surface area contributed by atoms with E-state index in [1.54, 1.807) is 6.92 Å². The van der Waals surface area contributed by atoms with Crippen molar-refractivity contribution in [2.75, 3.05) is 5.75 Å². The number of carbonyl (C=O) groups is 1. The van der Waals surface area contributed by atoms with Crippen molar-refractivity contribution in [3.63, 3.8) is 0 Å². The summed E-state index contributed by atoms with van der Waals surface area (Å²) in [6.07, 6.45) is 0.778. The zero-order valence-electron chi connectivity index (χ0n) is 8.43. The van der Waals surface area contributed by atoms with E-state index in [4.69, 9.17) is 5.11 Å². The van der Waals surface area contributed by atoms with Gasteiger partial charge in [0.25, 0.3) is 0 Å². The number of rotatable bonds is 3. The summed E-state index contributed by atoms with van der Waals surface area (Å²) in [4.78, 5) is 10.8. The number of aliphatic carboxylic acids is 1. The Morgan fingerprint density at radius 2 is 2.00 bits per heavy atom. The lowest BCUT2D eigenvalue weighted by atomic mass is 9.99. The van der Waals surface area contributed by atoms with Gasteiger partial charge in [0.05, 0.1) is 11.2 Å². The Morgan fingerprint density at radius 1 is 1.43 bits per heavy atom. The maximum absolute atomic E-state index is 11.5. The normalized spacial score (nSPS) is 33.1. The van der Waals surface area contributed by atoms with Crippen LogP contribution in [0.4, 0.5) is 0 Å². The molecule has 1 fully saturated rings. The van der Waals surface area contributed by atoms with E-state index in [0.29, 0.717) is 6.42 Å². The van der Waals surface area contributed by atoms with E-state index in [0.717, 1.165) is 0 Å². The van der Waals surface area contributed by atoms with E-state index in [1.165, 1.54) is 0 Å². The van der Waals surface area contributed by atoms with E-state index in [1.807, 2.05) is 6.92 Å². The minimum Gasteiger partial charge on any atom is -0.481 e. The zero-order chi connectivity index (χ0) is 10.9.